The lowest BCUT2D eigenvalue weighted by Gasteiger charge is -2.27. The Bertz CT molecular complexity index is 1870. The molecule has 0 saturated carbocycles. The average molecular weight is 528 g/mol. The second-order valence-corrected chi connectivity index (χ2v) is 10.7. The van der Waals surface area contributed by atoms with E-state index in [1.807, 2.05) is 60.6 Å². The zero-order valence-electron chi connectivity index (χ0n) is 22.8. The fourth-order valence-electron chi connectivity index (χ4n) is 5.41. The van der Waals surface area contributed by atoms with Crippen LogP contribution in [-0.4, -0.2) is 37.2 Å². The number of imidazole rings is 1. The third-order valence-electron chi connectivity index (χ3n) is 7.74. The van der Waals surface area contributed by atoms with Crippen LogP contribution in [-0.2, 0) is 12.5 Å². The van der Waals surface area contributed by atoms with Gasteiger partial charge in [0.25, 0.3) is 0 Å². The molecule has 0 unspecified atom stereocenters. The molecule has 0 N–H and O–H groups in total. The lowest BCUT2D eigenvalue weighted by molar-refractivity contribution is 0.573. The van der Waals surface area contributed by atoms with Crippen molar-refractivity contribution in [1.29, 1.82) is 10.5 Å². The molecule has 0 atom stereocenters. The number of hydrogen-bond donors (Lipinski definition) is 0. The number of pyridine rings is 3. The van der Waals surface area contributed by atoms with Crippen molar-refractivity contribution in [3.05, 3.63) is 72.4 Å². The van der Waals surface area contributed by atoms with Gasteiger partial charge >= 0.3 is 0 Å². The molecule has 5 heterocycles. The second kappa shape index (κ2) is 9.94. The number of rotatable bonds is 4. The van der Waals surface area contributed by atoms with E-state index < -0.39 is 5.41 Å². The second-order valence-electron chi connectivity index (χ2n) is 10.7. The van der Waals surface area contributed by atoms with Crippen LogP contribution < -0.4 is 10.5 Å². The number of aryl methyl sites for hydroxylation is 1. The highest BCUT2D eigenvalue weighted by atomic mass is 15.2. The van der Waals surface area contributed by atoms with Crippen LogP contribution in [0.3, 0.4) is 0 Å². The smallest absolute Gasteiger partial charge is 0.226 e. The average Bonchev–Trinajstić information content (AvgIpc) is 3.29. The Morgan fingerprint density at radius 1 is 0.875 bits per heavy atom. The van der Waals surface area contributed by atoms with Crippen LogP contribution in [0.4, 0.5) is 5.82 Å². The van der Waals surface area contributed by atoms with Crippen LogP contribution in [0.15, 0.2) is 66.0 Å². The molecular weight excluding hydrogens is 498 g/mol. The molecule has 1 saturated heterocycles. The predicted molar refractivity (Wildman–Crippen MR) is 154 cm³/mol. The van der Waals surface area contributed by atoms with Crippen molar-refractivity contribution >= 4 is 27.8 Å². The van der Waals surface area contributed by atoms with Gasteiger partial charge in [-0.25, -0.2) is 4.98 Å². The first kappa shape index (κ1) is 25.3. The van der Waals surface area contributed by atoms with Gasteiger partial charge in [-0.05, 0) is 75.1 Å². The van der Waals surface area contributed by atoms with Crippen molar-refractivity contribution in [2.75, 3.05) is 18.0 Å². The minimum absolute atomic E-state index is 0.457. The van der Waals surface area contributed by atoms with Crippen molar-refractivity contribution < 1.29 is 0 Å². The van der Waals surface area contributed by atoms with E-state index in [1.54, 1.807) is 12.4 Å². The molecule has 0 aliphatic carbocycles. The van der Waals surface area contributed by atoms with Gasteiger partial charge in [0.15, 0.2) is 0 Å². The molecule has 0 spiro atoms. The highest BCUT2D eigenvalue weighted by Crippen LogP contribution is 2.31. The Morgan fingerprint density at radius 2 is 1.68 bits per heavy atom. The maximum atomic E-state index is 9.55. The number of aromatic nitrogens is 5. The number of nitriles is 2. The first-order chi connectivity index (χ1) is 19.4. The molecule has 9 heteroatoms. The third-order valence-corrected chi connectivity index (χ3v) is 7.74. The molecular formula is C31H29N9. The van der Waals surface area contributed by atoms with E-state index in [1.165, 1.54) is 19.3 Å². The monoisotopic (exact) mass is 527 g/mol. The molecule has 1 aliphatic heterocycles. The number of hydrogen-bond acceptors (Lipinski definition) is 7. The van der Waals surface area contributed by atoms with E-state index >= 15 is 0 Å². The molecule has 0 amide bonds. The summed E-state index contributed by atoms with van der Waals surface area (Å²) in [5.74, 6) is 1.02. The maximum absolute atomic E-state index is 9.55. The first-order valence-corrected chi connectivity index (χ1v) is 13.4. The van der Waals surface area contributed by atoms with E-state index in [-0.39, 0.29) is 0 Å². The SMILES string of the molecule is Cn1/c(=N/C#N)n(-c2ccc(C(C)(C)C#N)nc2)c2c3cc(-c4ccc(N5CCCCC5)nc4)ccc3ncc21. The summed E-state index contributed by atoms with van der Waals surface area (Å²) in [5, 5.41) is 20.0. The highest BCUT2D eigenvalue weighted by Gasteiger charge is 2.22. The molecule has 4 aromatic heterocycles. The predicted octanol–water partition coefficient (Wildman–Crippen LogP) is 5.15. The van der Waals surface area contributed by atoms with Crippen molar-refractivity contribution in [2.24, 2.45) is 12.0 Å². The lowest BCUT2D eigenvalue weighted by atomic mass is 9.91. The molecule has 1 fully saturated rings. The summed E-state index contributed by atoms with van der Waals surface area (Å²) in [6, 6.07) is 16.5. The Balaban J connectivity index is 1.52. The van der Waals surface area contributed by atoms with E-state index in [2.05, 4.69) is 45.2 Å². The molecule has 0 bridgehead atoms. The molecule has 6 rings (SSSR count). The normalized spacial score (nSPS) is 14.4. The number of nitrogens with zero attached hydrogens (tertiary/aromatic N) is 9. The van der Waals surface area contributed by atoms with Crippen molar-refractivity contribution in [3.8, 4) is 29.1 Å². The number of benzene rings is 1. The van der Waals surface area contributed by atoms with Gasteiger partial charge in [0.2, 0.25) is 11.8 Å². The Morgan fingerprint density at radius 3 is 2.35 bits per heavy atom. The van der Waals surface area contributed by atoms with E-state index in [0.717, 1.165) is 57.7 Å². The molecule has 1 aliphatic rings. The Hall–Kier alpha value is -5.02. The van der Waals surface area contributed by atoms with E-state index in [9.17, 15) is 10.5 Å². The molecule has 5 aromatic rings. The maximum Gasteiger partial charge on any atom is 0.226 e. The molecule has 0 radical (unpaired) electrons. The van der Waals surface area contributed by atoms with Crippen molar-refractivity contribution in [3.63, 3.8) is 0 Å². The summed E-state index contributed by atoms with van der Waals surface area (Å²) in [5.41, 5.74) is 5.73. The van der Waals surface area contributed by atoms with Crippen LogP contribution in [0, 0.1) is 22.8 Å². The quantitative estimate of drug-likeness (QED) is 0.299. The van der Waals surface area contributed by atoms with E-state index in [4.69, 9.17) is 9.97 Å². The van der Waals surface area contributed by atoms with Crippen LogP contribution in [0.2, 0.25) is 0 Å². The summed E-state index contributed by atoms with van der Waals surface area (Å²) in [4.78, 5) is 20.6. The minimum Gasteiger partial charge on any atom is -0.357 e. The Labute approximate surface area is 232 Å². The summed E-state index contributed by atoms with van der Waals surface area (Å²) < 4.78 is 3.79. The molecule has 9 nitrogen and oxygen atoms in total. The van der Waals surface area contributed by atoms with Gasteiger partial charge < -0.3 is 9.47 Å². The standard InChI is InChI=1S/C31H29N9/c1-31(2,19-32)27-11-9-23(17-35-27)40-29-24-15-21(22-8-12-28(36-16-22)39-13-5-4-6-14-39)7-10-25(24)34-18-26(29)38(3)30(40)37-20-33/h7-12,15-18H,4-6,13-14H2,1-3H3/b37-30-. The van der Waals surface area contributed by atoms with E-state index in [0.29, 0.717) is 11.3 Å². The van der Waals surface area contributed by atoms with Crippen LogP contribution in [0.25, 0.3) is 38.8 Å². The topological polar surface area (TPSA) is 112 Å². The van der Waals surface area contributed by atoms with Gasteiger partial charge in [0.05, 0.1) is 51.8 Å². The first-order valence-electron chi connectivity index (χ1n) is 13.4. The van der Waals surface area contributed by atoms with Crippen LogP contribution in [0.5, 0.6) is 0 Å². The van der Waals surface area contributed by atoms with Gasteiger partial charge in [-0.3, -0.25) is 14.5 Å². The highest BCUT2D eigenvalue weighted by molar-refractivity contribution is 6.04. The summed E-state index contributed by atoms with van der Waals surface area (Å²) in [6.45, 7) is 5.79. The van der Waals surface area contributed by atoms with Crippen molar-refractivity contribution in [2.45, 2.75) is 38.5 Å². The number of piperidine rings is 1. The molecule has 198 valence electrons. The van der Waals surface area contributed by atoms with Crippen LogP contribution in [0.1, 0.15) is 38.8 Å². The zero-order chi connectivity index (χ0) is 27.9. The van der Waals surface area contributed by atoms with Gasteiger partial charge in [-0.15, -0.1) is 4.99 Å². The summed E-state index contributed by atoms with van der Waals surface area (Å²) >= 11 is 0. The number of anilines is 1. The van der Waals surface area contributed by atoms with Gasteiger partial charge in [-0.1, -0.05) is 6.07 Å². The fourth-order valence-corrected chi connectivity index (χ4v) is 5.41. The number of fused-ring (bicyclic) bond motifs is 3. The molecule has 1 aromatic carbocycles. The molecule has 40 heavy (non-hydrogen) atoms. The zero-order valence-corrected chi connectivity index (χ0v) is 22.8. The van der Waals surface area contributed by atoms with Gasteiger partial charge in [0, 0.05) is 37.3 Å². The van der Waals surface area contributed by atoms with Gasteiger partial charge in [-0.2, -0.15) is 10.5 Å². The summed E-state index contributed by atoms with van der Waals surface area (Å²) in [7, 11) is 1.87. The Kier molecular flexibility index (Phi) is 6.28. The summed E-state index contributed by atoms with van der Waals surface area (Å²) in [6.07, 6.45) is 11.1. The van der Waals surface area contributed by atoms with Crippen LogP contribution >= 0.6 is 0 Å². The third kappa shape index (κ3) is 4.26. The fraction of sp³-hybridized carbons (Fsp3) is 0.290. The largest absolute Gasteiger partial charge is 0.357 e. The minimum atomic E-state index is -0.717. The lowest BCUT2D eigenvalue weighted by Crippen LogP contribution is -2.29. The van der Waals surface area contributed by atoms with Gasteiger partial charge in [0.1, 0.15) is 5.82 Å². The van der Waals surface area contributed by atoms with Crippen molar-refractivity contribution in [1.82, 2.24) is 24.1 Å².